The van der Waals surface area contributed by atoms with Crippen molar-refractivity contribution in [2.24, 2.45) is 5.92 Å². The van der Waals surface area contributed by atoms with Crippen LogP contribution in [0.15, 0.2) is 29.2 Å². The van der Waals surface area contributed by atoms with E-state index in [1.54, 1.807) is 0 Å². The predicted octanol–water partition coefficient (Wildman–Crippen LogP) is 2.12. The van der Waals surface area contributed by atoms with E-state index in [-0.39, 0.29) is 5.92 Å². The molecule has 15 heavy (non-hydrogen) atoms. The van der Waals surface area contributed by atoms with Gasteiger partial charge in [0.15, 0.2) is 0 Å². The fourth-order valence-electron chi connectivity index (χ4n) is 1.13. The van der Waals surface area contributed by atoms with Gasteiger partial charge in [0.05, 0.1) is 22.7 Å². The highest BCUT2D eigenvalue weighted by Gasteiger charge is 2.14. The van der Waals surface area contributed by atoms with E-state index in [4.69, 9.17) is 0 Å². The summed E-state index contributed by atoms with van der Waals surface area (Å²) < 4.78 is 11.8. The molecule has 1 aromatic carbocycles. The maximum Gasteiger partial charge on any atom is 0.0681 e. The number of rotatable bonds is 4. The van der Waals surface area contributed by atoms with Crippen molar-refractivity contribution in [1.82, 2.24) is 0 Å². The van der Waals surface area contributed by atoms with Gasteiger partial charge in [-0.15, -0.1) is 0 Å². The third kappa shape index (κ3) is 3.76. The van der Waals surface area contributed by atoms with Crippen LogP contribution in [0.3, 0.4) is 0 Å². The summed E-state index contributed by atoms with van der Waals surface area (Å²) in [5, 5.41) is 9.62. The molecule has 2 atom stereocenters. The first-order valence-electron chi connectivity index (χ1n) is 5.14. The van der Waals surface area contributed by atoms with Gasteiger partial charge in [0.1, 0.15) is 0 Å². The van der Waals surface area contributed by atoms with Crippen molar-refractivity contribution in [3.05, 3.63) is 29.8 Å². The van der Waals surface area contributed by atoms with Crippen molar-refractivity contribution in [3.8, 4) is 0 Å². The summed E-state index contributed by atoms with van der Waals surface area (Å²) in [6.45, 7) is 5.85. The third-order valence-electron chi connectivity index (χ3n) is 2.38. The molecule has 0 saturated carbocycles. The van der Waals surface area contributed by atoms with Gasteiger partial charge in [0.2, 0.25) is 0 Å². The SMILES string of the molecule is Cc1ccc([S@](=O)C[C@H](O)C(C)C)cc1. The third-order valence-corrected chi connectivity index (χ3v) is 3.82. The molecule has 0 radical (unpaired) electrons. The Morgan fingerprint density at radius 3 is 2.27 bits per heavy atom. The van der Waals surface area contributed by atoms with Gasteiger partial charge in [-0.25, -0.2) is 0 Å². The number of hydrogen-bond donors (Lipinski definition) is 1. The molecule has 3 heteroatoms. The first-order valence-corrected chi connectivity index (χ1v) is 6.45. The van der Waals surface area contributed by atoms with Gasteiger partial charge in [0.25, 0.3) is 0 Å². The first kappa shape index (κ1) is 12.4. The highest BCUT2D eigenvalue weighted by Crippen LogP contribution is 2.11. The van der Waals surface area contributed by atoms with Crippen LogP contribution < -0.4 is 0 Å². The maximum atomic E-state index is 11.8. The summed E-state index contributed by atoms with van der Waals surface area (Å²) in [5.41, 5.74) is 1.15. The molecule has 2 nitrogen and oxygen atoms in total. The Hall–Kier alpha value is -0.670. The molecule has 0 heterocycles. The van der Waals surface area contributed by atoms with Crippen LogP contribution in [-0.4, -0.2) is 21.2 Å². The van der Waals surface area contributed by atoms with Gasteiger partial charge in [0, 0.05) is 4.90 Å². The highest BCUT2D eigenvalue weighted by atomic mass is 32.2. The van der Waals surface area contributed by atoms with Crippen LogP contribution in [0.4, 0.5) is 0 Å². The van der Waals surface area contributed by atoms with Gasteiger partial charge in [-0.3, -0.25) is 4.21 Å². The topological polar surface area (TPSA) is 37.3 Å². The fraction of sp³-hybridized carbons (Fsp3) is 0.500. The summed E-state index contributed by atoms with van der Waals surface area (Å²) in [6, 6.07) is 7.60. The van der Waals surface area contributed by atoms with Crippen LogP contribution in [0.25, 0.3) is 0 Å². The van der Waals surface area contributed by atoms with Crippen molar-refractivity contribution in [2.45, 2.75) is 31.8 Å². The van der Waals surface area contributed by atoms with Crippen molar-refractivity contribution >= 4 is 10.8 Å². The zero-order chi connectivity index (χ0) is 11.4. The van der Waals surface area contributed by atoms with E-state index < -0.39 is 16.9 Å². The molecular formula is C12H18O2S. The largest absolute Gasteiger partial charge is 0.392 e. The Labute approximate surface area is 93.8 Å². The Bertz CT molecular complexity index is 330. The molecule has 84 valence electrons. The lowest BCUT2D eigenvalue weighted by Gasteiger charge is -2.13. The maximum absolute atomic E-state index is 11.8. The Balaban J connectivity index is 2.65. The van der Waals surface area contributed by atoms with Crippen LogP contribution in [0, 0.1) is 12.8 Å². The minimum absolute atomic E-state index is 0.152. The molecule has 0 aliphatic carbocycles. The van der Waals surface area contributed by atoms with Crippen LogP contribution in [0.2, 0.25) is 0 Å². The van der Waals surface area contributed by atoms with E-state index >= 15 is 0 Å². The molecule has 1 N–H and O–H groups in total. The Kier molecular flexibility index (Phi) is 4.48. The molecule has 0 fully saturated rings. The summed E-state index contributed by atoms with van der Waals surface area (Å²) in [6.07, 6.45) is -0.493. The van der Waals surface area contributed by atoms with Crippen LogP contribution in [0.1, 0.15) is 19.4 Å². The zero-order valence-corrected chi connectivity index (χ0v) is 10.3. The van der Waals surface area contributed by atoms with E-state index in [0.29, 0.717) is 5.75 Å². The van der Waals surface area contributed by atoms with Crippen molar-refractivity contribution in [2.75, 3.05) is 5.75 Å². The standard InChI is InChI=1S/C12H18O2S/c1-9(2)12(13)8-15(14)11-6-4-10(3)5-7-11/h4-7,9,12-13H,8H2,1-3H3/t12-,15+/m0/s1. The average Bonchev–Trinajstić information content (AvgIpc) is 2.18. The second kappa shape index (κ2) is 5.42. The van der Waals surface area contributed by atoms with E-state index in [9.17, 15) is 9.32 Å². The normalized spacial score (nSPS) is 15.3. The zero-order valence-electron chi connectivity index (χ0n) is 9.43. The summed E-state index contributed by atoms with van der Waals surface area (Å²) >= 11 is 0. The summed E-state index contributed by atoms with van der Waals surface area (Å²) in [5.74, 6) is 0.472. The van der Waals surface area contributed by atoms with Crippen molar-refractivity contribution in [1.29, 1.82) is 0 Å². The summed E-state index contributed by atoms with van der Waals surface area (Å²) in [7, 11) is -1.09. The number of aryl methyl sites for hydroxylation is 1. The fourth-order valence-corrected chi connectivity index (χ4v) is 2.46. The predicted molar refractivity (Wildman–Crippen MR) is 63.3 cm³/mol. The smallest absolute Gasteiger partial charge is 0.0681 e. The van der Waals surface area contributed by atoms with E-state index in [0.717, 1.165) is 10.5 Å². The molecule has 1 rings (SSSR count). The van der Waals surface area contributed by atoms with Crippen LogP contribution in [-0.2, 0) is 10.8 Å². The Morgan fingerprint density at radius 2 is 1.80 bits per heavy atom. The van der Waals surface area contributed by atoms with E-state index in [1.165, 1.54) is 0 Å². The molecule has 0 unspecified atom stereocenters. The van der Waals surface area contributed by atoms with Crippen LogP contribution >= 0.6 is 0 Å². The molecule has 0 bridgehead atoms. The summed E-state index contributed by atoms with van der Waals surface area (Å²) in [4.78, 5) is 0.792. The number of hydrogen-bond acceptors (Lipinski definition) is 2. The average molecular weight is 226 g/mol. The lowest BCUT2D eigenvalue weighted by atomic mass is 10.1. The lowest BCUT2D eigenvalue weighted by Crippen LogP contribution is -2.22. The minimum Gasteiger partial charge on any atom is -0.392 e. The molecule has 0 aromatic heterocycles. The van der Waals surface area contributed by atoms with Gasteiger partial charge in [-0.2, -0.15) is 0 Å². The highest BCUT2D eigenvalue weighted by molar-refractivity contribution is 7.85. The van der Waals surface area contributed by atoms with Crippen molar-refractivity contribution in [3.63, 3.8) is 0 Å². The van der Waals surface area contributed by atoms with Gasteiger partial charge in [-0.05, 0) is 25.0 Å². The number of benzene rings is 1. The number of aliphatic hydroxyl groups excluding tert-OH is 1. The molecule has 0 spiro atoms. The first-order chi connectivity index (χ1) is 7.00. The molecule has 0 aliphatic heterocycles. The van der Waals surface area contributed by atoms with Crippen LogP contribution in [0.5, 0.6) is 0 Å². The minimum atomic E-state index is -1.09. The van der Waals surface area contributed by atoms with Gasteiger partial charge in [-0.1, -0.05) is 31.5 Å². The quantitative estimate of drug-likeness (QED) is 0.854. The van der Waals surface area contributed by atoms with E-state index in [1.807, 2.05) is 45.0 Å². The number of aliphatic hydroxyl groups is 1. The Morgan fingerprint density at radius 1 is 1.27 bits per heavy atom. The second-order valence-electron chi connectivity index (χ2n) is 4.14. The molecular weight excluding hydrogens is 208 g/mol. The monoisotopic (exact) mass is 226 g/mol. The molecule has 0 amide bonds. The second-order valence-corrected chi connectivity index (χ2v) is 5.63. The van der Waals surface area contributed by atoms with Gasteiger partial charge < -0.3 is 5.11 Å². The lowest BCUT2D eigenvalue weighted by molar-refractivity contribution is 0.148. The van der Waals surface area contributed by atoms with Crippen molar-refractivity contribution < 1.29 is 9.32 Å². The van der Waals surface area contributed by atoms with E-state index in [2.05, 4.69) is 0 Å². The van der Waals surface area contributed by atoms with Gasteiger partial charge >= 0.3 is 0 Å². The molecule has 1 aromatic rings. The molecule has 0 saturated heterocycles. The molecule has 0 aliphatic rings.